The Labute approximate surface area is 172 Å². The zero-order valence-electron chi connectivity index (χ0n) is 17.2. The number of benzene rings is 1. The van der Waals surface area contributed by atoms with Gasteiger partial charge in [0.05, 0.1) is 13.2 Å². The minimum absolute atomic E-state index is 0.135. The molecule has 1 fully saturated rings. The summed E-state index contributed by atoms with van der Waals surface area (Å²) in [6.07, 6.45) is 7.80. The van der Waals surface area contributed by atoms with Gasteiger partial charge in [-0.2, -0.15) is 0 Å². The first-order chi connectivity index (χ1) is 14.0. The molecular formula is C23H29N3O3. The van der Waals surface area contributed by atoms with Crippen LogP contribution in [0.2, 0.25) is 0 Å². The molecule has 1 aliphatic carbocycles. The second kappa shape index (κ2) is 10.0. The summed E-state index contributed by atoms with van der Waals surface area (Å²) in [6, 6.07) is 9.06. The summed E-state index contributed by atoms with van der Waals surface area (Å²) < 4.78 is 5.93. The average Bonchev–Trinajstić information content (AvgIpc) is 2.74. The summed E-state index contributed by atoms with van der Waals surface area (Å²) >= 11 is 0. The van der Waals surface area contributed by atoms with Crippen molar-refractivity contribution in [2.45, 2.75) is 46.0 Å². The van der Waals surface area contributed by atoms with Gasteiger partial charge in [-0.05, 0) is 68.0 Å². The van der Waals surface area contributed by atoms with Crippen molar-refractivity contribution in [3.63, 3.8) is 0 Å². The number of aryl methyl sites for hydroxylation is 2. The largest absolute Gasteiger partial charge is 0.489 e. The Hall–Kier alpha value is -2.89. The molecule has 3 rings (SSSR count). The first-order valence-electron chi connectivity index (χ1n) is 10.3. The van der Waals surface area contributed by atoms with E-state index < -0.39 is 0 Å². The number of nitrogens with one attached hydrogen (secondary N) is 2. The third kappa shape index (κ3) is 6.04. The summed E-state index contributed by atoms with van der Waals surface area (Å²) in [5.41, 5.74) is 2.70. The van der Waals surface area contributed by atoms with Crippen molar-refractivity contribution in [2.75, 3.05) is 18.5 Å². The second-order valence-electron chi connectivity index (χ2n) is 7.70. The van der Waals surface area contributed by atoms with Gasteiger partial charge in [-0.3, -0.25) is 9.59 Å². The van der Waals surface area contributed by atoms with Crippen molar-refractivity contribution in [3.05, 3.63) is 53.2 Å². The summed E-state index contributed by atoms with van der Waals surface area (Å²) in [4.78, 5) is 28.8. The van der Waals surface area contributed by atoms with Crippen molar-refractivity contribution >= 4 is 17.6 Å². The molecule has 6 heteroatoms. The molecule has 0 atom stereocenters. The van der Waals surface area contributed by atoms with E-state index in [1.807, 2.05) is 26.0 Å². The first-order valence-corrected chi connectivity index (χ1v) is 10.3. The lowest BCUT2D eigenvalue weighted by molar-refractivity contribution is -0.115. The number of nitrogens with zero attached hydrogens (tertiary/aromatic N) is 1. The molecule has 1 aliphatic rings. The molecule has 0 radical (unpaired) electrons. The molecule has 6 nitrogen and oxygen atoms in total. The number of carbonyl (C=O) groups excluding carboxylic acids is 2. The van der Waals surface area contributed by atoms with Gasteiger partial charge in [-0.1, -0.05) is 25.3 Å². The van der Waals surface area contributed by atoms with Gasteiger partial charge in [0.25, 0.3) is 5.91 Å². The fourth-order valence-corrected chi connectivity index (χ4v) is 3.48. The van der Waals surface area contributed by atoms with Crippen LogP contribution in [0.15, 0.2) is 36.5 Å². The second-order valence-corrected chi connectivity index (χ2v) is 7.70. The third-order valence-electron chi connectivity index (χ3n) is 5.41. The van der Waals surface area contributed by atoms with E-state index in [-0.39, 0.29) is 18.4 Å². The quantitative estimate of drug-likeness (QED) is 0.742. The van der Waals surface area contributed by atoms with Crippen molar-refractivity contribution in [2.24, 2.45) is 5.92 Å². The topological polar surface area (TPSA) is 80.3 Å². The van der Waals surface area contributed by atoms with Gasteiger partial charge in [0, 0.05) is 11.8 Å². The SMILES string of the molecule is Cc1ccc(C(=O)NCC(=O)Nc2ncccc2OCC2CCCCC2)cc1C. The Morgan fingerprint density at radius 1 is 1.10 bits per heavy atom. The lowest BCUT2D eigenvalue weighted by Gasteiger charge is -2.22. The maximum absolute atomic E-state index is 12.3. The van der Waals surface area contributed by atoms with Crippen LogP contribution in [0.5, 0.6) is 5.75 Å². The van der Waals surface area contributed by atoms with E-state index in [1.54, 1.807) is 24.4 Å². The number of hydrogen-bond donors (Lipinski definition) is 2. The fraction of sp³-hybridized carbons (Fsp3) is 0.435. The summed E-state index contributed by atoms with van der Waals surface area (Å²) in [7, 11) is 0. The van der Waals surface area contributed by atoms with E-state index in [9.17, 15) is 9.59 Å². The van der Waals surface area contributed by atoms with E-state index in [4.69, 9.17) is 4.74 Å². The van der Waals surface area contributed by atoms with Crippen LogP contribution < -0.4 is 15.4 Å². The molecule has 0 saturated heterocycles. The minimum Gasteiger partial charge on any atom is -0.489 e. The zero-order valence-corrected chi connectivity index (χ0v) is 17.2. The van der Waals surface area contributed by atoms with Crippen LogP contribution in [0.4, 0.5) is 5.82 Å². The third-order valence-corrected chi connectivity index (χ3v) is 5.41. The van der Waals surface area contributed by atoms with Crippen LogP contribution in [-0.4, -0.2) is 29.9 Å². The van der Waals surface area contributed by atoms with Crippen LogP contribution in [0.3, 0.4) is 0 Å². The minimum atomic E-state index is -0.344. The maximum atomic E-state index is 12.3. The summed E-state index contributed by atoms with van der Waals surface area (Å²) in [6.45, 7) is 4.45. The monoisotopic (exact) mass is 395 g/mol. The van der Waals surface area contributed by atoms with E-state index in [0.29, 0.717) is 29.7 Å². The van der Waals surface area contributed by atoms with Crippen molar-refractivity contribution in [1.29, 1.82) is 0 Å². The molecule has 1 heterocycles. The van der Waals surface area contributed by atoms with Gasteiger partial charge in [-0.25, -0.2) is 4.98 Å². The number of pyridine rings is 1. The molecule has 0 aliphatic heterocycles. The average molecular weight is 396 g/mol. The lowest BCUT2D eigenvalue weighted by Crippen LogP contribution is -2.33. The van der Waals surface area contributed by atoms with Crippen LogP contribution in [0.25, 0.3) is 0 Å². The van der Waals surface area contributed by atoms with Gasteiger partial charge >= 0.3 is 0 Å². The Bertz CT molecular complexity index is 860. The predicted octanol–water partition coefficient (Wildman–Crippen LogP) is 4.03. The molecule has 1 aromatic heterocycles. The molecule has 0 spiro atoms. The van der Waals surface area contributed by atoms with E-state index >= 15 is 0 Å². The molecule has 0 bridgehead atoms. The molecular weight excluding hydrogens is 366 g/mol. The number of rotatable bonds is 7. The van der Waals surface area contributed by atoms with Gasteiger partial charge < -0.3 is 15.4 Å². The van der Waals surface area contributed by atoms with Crippen molar-refractivity contribution < 1.29 is 14.3 Å². The maximum Gasteiger partial charge on any atom is 0.251 e. The zero-order chi connectivity index (χ0) is 20.6. The highest BCUT2D eigenvalue weighted by atomic mass is 16.5. The van der Waals surface area contributed by atoms with Crippen LogP contribution in [0.1, 0.15) is 53.6 Å². The van der Waals surface area contributed by atoms with E-state index in [2.05, 4.69) is 15.6 Å². The Morgan fingerprint density at radius 3 is 2.66 bits per heavy atom. The fourth-order valence-electron chi connectivity index (χ4n) is 3.48. The molecule has 1 aromatic carbocycles. The molecule has 2 aromatic rings. The normalized spacial score (nSPS) is 14.3. The molecule has 2 amide bonds. The Morgan fingerprint density at radius 2 is 1.90 bits per heavy atom. The van der Waals surface area contributed by atoms with Gasteiger partial charge in [0.1, 0.15) is 0 Å². The smallest absolute Gasteiger partial charge is 0.251 e. The van der Waals surface area contributed by atoms with Crippen LogP contribution >= 0.6 is 0 Å². The van der Waals surface area contributed by atoms with E-state index in [1.165, 1.54) is 32.1 Å². The number of anilines is 1. The van der Waals surface area contributed by atoms with Crippen molar-refractivity contribution in [3.8, 4) is 5.75 Å². The van der Waals surface area contributed by atoms with Gasteiger partial charge in [0.2, 0.25) is 5.91 Å². The molecule has 1 saturated carbocycles. The molecule has 29 heavy (non-hydrogen) atoms. The number of amides is 2. The van der Waals surface area contributed by atoms with Crippen molar-refractivity contribution in [1.82, 2.24) is 10.3 Å². The summed E-state index contributed by atoms with van der Waals surface area (Å²) in [5, 5.41) is 5.39. The molecule has 2 N–H and O–H groups in total. The van der Waals surface area contributed by atoms with Crippen LogP contribution in [0, 0.1) is 19.8 Å². The van der Waals surface area contributed by atoms with Gasteiger partial charge in [-0.15, -0.1) is 0 Å². The lowest BCUT2D eigenvalue weighted by atomic mass is 9.90. The Kier molecular flexibility index (Phi) is 7.22. The molecule has 154 valence electrons. The Balaban J connectivity index is 1.52. The highest BCUT2D eigenvalue weighted by molar-refractivity contribution is 5.99. The van der Waals surface area contributed by atoms with Crippen LogP contribution in [-0.2, 0) is 4.79 Å². The number of aromatic nitrogens is 1. The molecule has 0 unspecified atom stereocenters. The van der Waals surface area contributed by atoms with E-state index in [0.717, 1.165) is 11.1 Å². The van der Waals surface area contributed by atoms with Gasteiger partial charge in [0.15, 0.2) is 11.6 Å². The number of hydrogen-bond acceptors (Lipinski definition) is 4. The number of carbonyl (C=O) groups is 2. The highest BCUT2D eigenvalue weighted by Crippen LogP contribution is 2.26. The first kappa shape index (κ1) is 20.8. The summed E-state index contributed by atoms with van der Waals surface area (Å²) in [5.74, 6) is 0.881. The standard InChI is InChI=1S/C23H29N3O3/c1-16-10-11-19(13-17(16)2)23(28)25-14-21(27)26-22-20(9-6-12-24-22)29-15-18-7-4-3-5-8-18/h6,9-13,18H,3-5,7-8,14-15H2,1-2H3,(H,25,28)(H,24,26,27). The predicted molar refractivity (Wildman–Crippen MR) is 113 cm³/mol. The highest BCUT2D eigenvalue weighted by Gasteiger charge is 2.16. The number of ether oxygens (including phenoxy) is 1.